The molecule has 1 fully saturated rings. The van der Waals surface area contributed by atoms with Crippen LogP contribution in [0.3, 0.4) is 0 Å². The summed E-state index contributed by atoms with van der Waals surface area (Å²) in [5, 5.41) is 11.8. The third-order valence-electron chi connectivity index (χ3n) is 10.3. The Morgan fingerprint density at radius 2 is 1.90 bits per heavy atom. The molecule has 5 rings (SSSR count). The highest BCUT2D eigenvalue weighted by atomic mass is 35.5. The van der Waals surface area contributed by atoms with E-state index in [9.17, 15) is 23.1 Å². The van der Waals surface area contributed by atoms with Crippen molar-refractivity contribution in [2.45, 2.75) is 69.7 Å². The lowest BCUT2D eigenvalue weighted by atomic mass is 9.70. The van der Waals surface area contributed by atoms with Crippen molar-refractivity contribution in [3.05, 3.63) is 70.3 Å². The number of rotatable bonds is 4. The van der Waals surface area contributed by atoms with Gasteiger partial charge in [0.2, 0.25) is 5.91 Å². The average molecular weight is 717 g/mol. The normalized spacial score (nSPS) is 26.3. The predicted molar refractivity (Wildman–Crippen MR) is 190 cm³/mol. The number of hydrogen-bond donors (Lipinski definition) is 2. The standard InChI is InChI=1S/C36H49ClN4O7S/c1-39(2)49(45,46)38-35(44)36(47-4)22-34(43)40(3)18-8-5-6-11-32(42)30-16-13-26(30)23-41-19-9-7-10-25-20-29(37)15-12-27(25)24-48-33-17-14-28(36)21-31(33)41/h6,11-12,14-15,17,20-21,26,30,32,42H,5,7-10,13,16,18-19,22-24H2,1-4H3,(H,38,44)/b11-6+/t26-,30+,32-,36-/m0/s1. The van der Waals surface area contributed by atoms with E-state index in [4.69, 9.17) is 21.1 Å². The second kappa shape index (κ2) is 15.8. The lowest BCUT2D eigenvalue weighted by Crippen LogP contribution is -2.52. The molecule has 0 saturated heterocycles. The third-order valence-corrected chi connectivity index (χ3v) is 11.9. The Hall–Kier alpha value is -3.16. The molecule has 0 radical (unpaired) electrons. The number of aryl methyl sites for hydroxylation is 1. The summed E-state index contributed by atoms with van der Waals surface area (Å²) in [4.78, 5) is 31.7. The highest BCUT2D eigenvalue weighted by molar-refractivity contribution is 7.87. The summed E-state index contributed by atoms with van der Waals surface area (Å²) in [5.41, 5.74) is 1.22. The Kier molecular flexibility index (Phi) is 12.0. The summed E-state index contributed by atoms with van der Waals surface area (Å²) < 4.78 is 41.4. The van der Waals surface area contributed by atoms with Crippen molar-refractivity contribution in [3.8, 4) is 5.75 Å². The van der Waals surface area contributed by atoms with E-state index in [1.165, 1.54) is 26.1 Å². The van der Waals surface area contributed by atoms with E-state index in [2.05, 4.69) is 9.62 Å². The van der Waals surface area contributed by atoms with Gasteiger partial charge in [0.1, 0.15) is 12.4 Å². The topological polar surface area (TPSA) is 129 Å². The zero-order chi connectivity index (χ0) is 35.3. The van der Waals surface area contributed by atoms with Crippen LogP contribution in [-0.4, -0.2) is 88.5 Å². The van der Waals surface area contributed by atoms with Gasteiger partial charge in [-0.25, -0.2) is 4.72 Å². The lowest BCUT2D eigenvalue weighted by molar-refractivity contribution is -0.152. The Balaban J connectivity index is 1.65. The minimum atomic E-state index is -4.22. The average Bonchev–Trinajstić information content (AvgIpc) is 3.07. The second-order valence-electron chi connectivity index (χ2n) is 13.6. The fourth-order valence-electron chi connectivity index (χ4n) is 6.93. The fraction of sp³-hybridized carbons (Fsp3) is 0.556. The monoisotopic (exact) mass is 716 g/mol. The molecule has 2 aromatic carbocycles. The molecule has 2 bridgehead atoms. The molecule has 3 aliphatic rings. The molecule has 2 N–H and O–H groups in total. The molecule has 13 heteroatoms. The molecule has 268 valence electrons. The molecule has 4 atom stereocenters. The van der Waals surface area contributed by atoms with Crippen molar-refractivity contribution in [1.29, 1.82) is 0 Å². The van der Waals surface area contributed by atoms with E-state index >= 15 is 0 Å². The molecule has 2 aliphatic heterocycles. The molecule has 0 unspecified atom stereocenters. The molecule has 49 heavy (non-hydrogen) atoms. The summed E-state index contributed by atoms with van der Waals surface area (Å²) in [6, 6.07) is 11.1. The molecule has 1 saturated carbocycles. The van der Waals surface area contributed by atoms with Gasteiger partial charge in [0.05, 0.1) is 18.2 Å². The van der Waals surface area contributed by atoms with Crippen molar-refractivity contribution >= 4 is 39.3 Å². The number of anilines is 1. The summed E-state index contributed by atoms with van der Waals surface area (Å²) in [7, 11) is 1.38. The maximum Gasteiger partial charge on any atom is 0.303 e. The fourth-order valence-corrected chi connectivity index (χ4v) is 7.70. The first-order chi connectivity index (χ1) is 23.3. The van der Waals surface area contributed by atoms with Gasteiger partial charge in [-0.05, 0) is 97.7 Å². The highest BCUT2D eigenvalue weighted by Crippen LogP contribution is 2.42. The van der Waals surface area contributed by atoms with E-state index in [1.807, 2.05) is 30.4 Å². The summed E-state index contributed by atoms with van der Waals surface area (Å²) in [6.07, 6.45) is 8.68. The minimum Gasteiger partial charge on any atom is -0.487 e. The number of benzene rings is 2. The van der Waals surface area contributed by atoms with E-state index < -0.39 is 34.2 Å². The van der Waals surface area contributed by atoms with Crippen molar-refractivity contribution in [2.24, 2.45) is 11.8 Å². The first kappa shape index (κ1) is 37.1. The smallest absolute Gasteiger partial charge is 0.303 e. The second-order valence-corrected chi connectivity index (χ2v) is 15.9. The number of allylic oxidation sites excluding steroid dienone is 1. The zero-order valence-corrected chi connectivity index (χ0v) is 30.4. The van der Waals surface area contributed by atoms with Crippen LogP contribution in [0, 0.1) is 11.8 Å². The summed E-state index contributed by atoms with van der Waals surface area (Å²) >= 11 is 6.36. The number of nitrogens with one attached hydrogen (secondary N) is 1. The van der Waals surface area contributed by atoms with E-state index in [0.29, 0.717) is 61.1 Å². The number of amides is 2. The predicted octanol–water partition coefficient (Wildman–Crippen LogP) is 4.41. The van der Waals surface area contributed by atoms with Crippen LogP contribution in [0.15, 0.2) is 48.6 Å². The Morgan fingerprint density at radius 1 is 1.10 bits per heavy atom. The number of carbonyl (C=O) groups is 2. The number of nitrogens with zero attached hydrogens (tertiary/aromatic N) is 3. The Bertz CT molecular complexity index is 1650. The molecular weight excluding hydrogens is 668 g/mol. The highest BCUT2D eigenvalue weighted by Gasteiger charge is 2.46. The first-order valence-electron chi connectivity index (χ1n) is 17.0. The van der Waals surface area contributed by atoms with Crippen LogP contribution in [-0.2, 0) is 43.2 Å². The molecule has 2 amide bonds. The third kappa shape index (κ3) is 8.42. The van der Waals surface area contributed by atoms with Gasteiger partial charge >= 0.3 is 10.2 Å². The minimum absolute atomic E-state index is 0.105. The number of hydrogen-bond acceptors (Lipinski definition) is 8. The van der Waals surface area contributed by atoms with Gasteiger partial charge in [0, 0.05) is 52.9 Å². The molecule has 11 nitrogen and oxygen atoms in total. The quantitative estimate of drug-likeness (QED) is 0.446. The molecule has 0 aromatic heterocycles. The largest absolute Gasteiger partial charge is 0.487 e. The van der Waals surface area contributed by atoms with E-state index in [0.717, 1.165) is 47.5 Å². The maximum absolute atomic E-state index is 14.1. The van der Waals surface area contributed by atoms with E-state index in [-0.39, 0.29) is 17.7 Å². The molecule has 2 heterocycles. The lowest BCUT2D eigenvalue weighted by Gasteiger charge is -2.43. The molecule has 0 spiro atoms. The van der Waals surface area contributed by atoms with Crippen molar-refractivity contribution in [1.82, 2.24) is 13.9 Å². The van der Waals surface area contributed by atoms with Crippen LogP contribution < -0.4 is 14.4 Å². The maximum atomic E-state index is 14.1. The van der Waals surface area contributed by atoms with Gasteiger partial charge in [0.15, 0.2) is 5.60 Å². The molecule has 1 aliphatic carbocycles. The summed E-state index contributed by atoms with van der Waals surface area (Å²) in [5.74, 6) is -0.445. The van der Waals surface area contributed by atoms with Crippen LogP contribution >= 0.6 is 11.6 Å². The Labute approximate surface area is 295 Å². The van der Waals surface area contributed by atoms with Crippen LogP contribution in [0.25, 0.3) is 0 Å². The number of ether oxygens (including phenoxy) is 2. The number of halogens is 1. The Morgan fingerprint density at radius 3 is 2.61 bits per heavy atom. The molecular formula is C36H49ClN4O7S. The number of aliphatic hydroxyl groups excluding tert-OH is 1. The van der Waals surface area contributed by atoms with Crippen molar-refractivity contribution in [2.75, 3.05) is 52.8 Å². The van der Waals surface area contributed by atoms with Gasteiger partial charge in [0.25, 0.3) is 5.91 Å². The SMILES string of the molecule is CO[C@@]1(C(=O)NS(=O)(=O)N(C)C)CC(=O)N(C)CCC/C=C/[C@H](O)[C@@H]2CC[C@H]2CN2CCCCc3cc(Cl)ccc3COc3ccc1cc32. The number of fused-ring (bicyclic) bond motifs is 3. The number of methoxy groups -OCH3 is 1. The van der Waals surface area contributed by atoms with Gasteiger partial charge in [-0.2, -0.15) is 12.7 Å². The van der Waals surface area contributed by atoms with E-state index in [1.54, 1.807) is 25.2 Å². The van der Waals surface area contributed by atoms with Gasteiger partial charge < -0.3 is 24.4 Å². The van der Waals surface area contributed by atoms with Gasteiger partial charge in [-0.3, -0.25) is 9.59 Å². The summed E-state index contributed by atoms with van der Waals surface area (Å²) in [6.45, 7) is 2.02. The number of aliphatic hydroxyl groups is 1. The number of carbonyl (C=O) groups excluding carboxylic acids is 2. The van der Waals surface area contributed by atoms with Crippen molar-refractivity contribution in [3.63, 3.8) is 0 Å². The van der Waals surface area contributed by atoms with Crippen LogP contribution in [0.1, 0.15) is 61.6 Å². The van der Waals surface area contributed by atoms with Crippen LogP contribution in [0.5, 0.6) is 5.75 Å². The van der Waals surface area contributed by atoms with Crippen molar-refractivity contribution < 1.29 is 32.6 Å². The van der Waals surface area contributed by atoms with Gasteiger partial charge in [-0.1, -0.05) is 35.9 Å². The first-order valence-corrected chi connectivity index (χ1v) is 18.8. The van der Waals surface area contributed by atoms with Gasteiger partial charge in [-0.15, -0.1) is 0 Å². The van der Waals surface area contributed by atoms with Crippen LogP contribution in [0.2, 0.25) is 5.02 Å². The zero-order valence-electron chi connectivity index (χ0n) is 28.9. The molecule has 2 aromatic rings. The van der Waals surface area contributed by atoms with Crippen LogP contribution in [0.4, 0.5) is 5.69 Å².